The molecule has 1 aromatic rings. The molecule has 0 saturated heterocycles. The summed E-state index contributed by atoms with van der Waals surface area (Å²) in [7, 11) is 1.41. The van der Waals surface area contributed by atoms with Crippen molar-refractivity contribution in [3.63, 3.8) is 0 Å². The lowest BCUT2D eigenvalue weighted by atomic mass is 10.0. The van der Waals surface area contributed by atoms with Crippen LogP contribution in [0.3, 0.4) is 0 Å². The van der Waals surface area contributed by atoms with Gasteiger partial charge >= 0.3 is 6.18 Å². The molecule has 0 bridgehead atoms. The maximum Gasteiger partial charge on any atom is 0.411 e. The van der Waals surface area contributed by atoms with E-state index in [0.717, 1.165) is 0 Å². The van der Waals surface area contributed by atoms with Crippen molar-refractivity contribution >= 4 is 21.7 Å². The number of benzene rings is 1. The molecule has 112 valence electrons. The molecule has 0 unspecified atom stereocenters. The first kappa shape index (κ1) is 17.0. The van der Waals surface area contributed by atoms with Crippen LogP contribution in [0.5, 0.6) is 5.75 Å². The van der Waals surface area contributed by atoms with E-state index in [1.807, 2.05) is 0 Å². The highest BCUT2D eigenvalue weighted by molar-refractivity contribution is 9.10. The Balaban J connectivity index is 2.98. The summed E-state index contributed by atoms with van der Waals surface area (Å²) in [5.41, 5.74) is 1.55. The van der Waals surface area contributed by atoms with Crippen LogP contribution in [0.1, 0.15) is 21.5 Å². The lowest BCUT2D eigenvalue weighted by Gasteiger charge is -2.15. The molecule has 0 amide bonds. The number of halogens is 4. The first-order valence-electron chi connectivity index (χ1n) is 5.68. The maximum absolute atomic E-state index is 12.0. The number of carbonyl (C=O) groups is 1. The van der Waals surface area contributed by atoms with Crippen LogP contribution in [0, 0.1) is 13.8 Å². The van der Waals surface area contributed by atoms with E-state index in [1.165, 1.54) is 7.11 Å². The summed E-state index contributed by atoms with van der Waals surface area (Å²) in [5, 5.41) is 0. The normalized spacial score (nSPS) is 11.6. The van der Waals surface area contributed by atoms with E-state index < -0.39 is 25.2 Å². The molecule has 0 aliphatic rings. The molecule has 0 N–H and O–H groups in total. The third-order valence-corrected chi connectivity index (χ3v) is 3.47. The van der Waals surface area contributed by atoms with E-state index in [-0.39, 0.29) is 5.56 Å². The van der Waals surface area contributed by atoms with E-state index in [2.05, 4.69) is 20.7 Å². The highest BCUT2D eigenvalue weighted by Crippen LogP contribution is 2.32. The van der Waals surface area contributed by atoms with Crippen molar-refractivity contribution in [2.75, 3.05) is 20.3 Å². The van der Waals surface area contributed by atoms with Gasteiger partial charge in [-0.15, -0.1) is 0 Å². The van der Waals surface area contributed by atoms with Crippen LogP contribution in [0.2, 0.25) is 0 Å². The zero-order valence-corrected chi connectivity index (χ0v) is 12.8. The number of ketones is 1. The minimum absolute atomic E-state index is 0.238. The highest BCUT2D eigenvalue weighted by Gasteiger charge is 2.28. The van der Waals surface area contributed by atoms with Gasteiger partial charge in [0.2, 0.25) is 0 Å². The fourth-order valence-electron chi connectivity index (χ4n) is 1.78. The zero-order valence-electron chi connectivity index (χ0n) is 11.2. The van der Waals surface area contributed by atoms with E-state index in [1.54, 1.807) is 19.9 Å². The number of ether oxygens (including phenoxy) is 2. The summed E-state index contributed by atoms with van der Waals surface area (Å²) in [6, 6.07) is 1.78. The van der Waals surface area contributed by atoms with Crippen molar-refractivity contribution in [1.29, 1.82) is 0 Å². The van der Waals surface area contributed by atoms with Gasteiger partial charge in [-0.25, -0.2) is 0 Å². The fraction of sp³-hybridized carbons (Fsp3) is 0.462. The second kappa shape index (κ2) is 6.58. The molecule has 1 aromatic carbocycles. The molecular weight excluding hydrogens is 341 g/mol. The van der Waals surface area contributed by atoms with Gasteiger partial charge in [0.15, 0.2) is 5.78 Å². The van der Waals surface area contributed by atoms with Crippen molar-refractivity contribution in [3.05, 3.63) is 27.2 Å². The Kier molecular flexibility index (Phi) is 5.59. The first-order valence-corrected chi connectivity index (χ1v) is 6.48. The first-order chi connectivity index (χ1) is 9.17. The average molecular weight is 355 g/mol. The zero-order chi connectivity index (χ0) is 15.5. The molecule has 0 atom stereocenters. The maximum atomic E-state index is 12.0. The summed E-state index contributed by atoms with van der Waals surface area (Å²) in [6.07, 6.45) is -4.45. The van der Waals surface area contributed by atoms with Gasteiger partial charge in [0.05, 0.1) is 12.7 Å². The minimum atomic E-state index is -4.45. The summed E-state index contributed by atoms with van der Waals surface area (Å²) >= 11 is 3.30. The van der Waals surface area contributed by atoms with Crippen molar-refractivity contribution in [2.24, 2.45) is 0 Å². The van der Waals surface area contributed by atoms with Crippen LogP contribution < -0.4 is 4.74 Å². The van der Waals surface area contributed by atoms with Crippen molar-refractivity contribution in [1.82, 2.24) is 0 Å². The standard InChI is InChI=1S/C13H14BrF3O3/c1-7-4-9(14)8(2)11(12(7)19-3)10(18)5-20-6-13(15,16)17/h4H,5-6H2,1-3H3. The lowest BCUT2D eigenvalue weighted by Crippen LogP contribution is -2.21. The predicted octanol–water partition coefficient (Wildman–Crippen LogP) is 3.84. The molecule has 0 saturated carbocycles. The van der Waals surface area contributed by atoms with Gasteiger partial charge in [-0.3, -0.25) is 4.79 Å². The molecule has 0 aliphatic heterocycles. The number of aryl methyl sites for hydroxylation is 1. The van der Waals surface area contributed by atoms with Gasteiger partial charge in [0, 0.05) is 4.47 Å². The predicted molar refractivity (Wildman–Crippen MR) is 71.4 cm³/mol. The fourth-order valence-corrected chi connectivity index (χ4v) is 2.32. The van der Waals surface area contributed by atoms with Crippen LogP contribution in [0.4, 0.5) is 13.2 Å². The van der Waals surface area contributed by atoms with Gasteiger partial charge in [-0.1, -0.05) is 15.9 Å². The van der Waals surface area contributed by atoms with Gasteiger partial charge in [-0.2, -0.15) is 13.2 Å². The Hall–Kier alpha value is -1.08. The smallest absolute Gasteiger partial charge is 0.411 e. The summed E-state index contributed by atoms with van der Waals surface area (Å²) in [5.74, 6) is -0.195. The highest BCUT2D eigenvalue weighted by atomic mass is 79.9. The van der Waals surface area contributed by atoms with Gasteiger partial charge < -0.3 is 9.47 Å². The number of hydrogen-bond donors (Lipinski definition) is 0. The largest absolute Gasteiger partial charge is 0.496 e. The number of hydrogen-bond acceptors (Lipinski definition) is 3. The summed E-state index contributed by atoms with van der Waals surface area (Å²) in [6.45, 7) is 1.33. The monoisotopic (exact) mass is 354 g/mol. The third-order valence-electron chi connectivity index (χ3n) is 2.64. The molecule has 0 spiro atoms. The molecule has 7 heteroatoms. The molecule has 0 radical (unpaired) electrons. The molecule has 20 heavy (non-hydrogen) atoms. The Morgan fingerprint density at radius 3 is 2.45 bits per heavy atom. The SMILES string of the molecule is COc1c(C)cc(Br)c(C)c1C(=O)COCC(F)(F)F. The Morgan fingerprint density at radius 1 is 1.35 bits per heavy atom. The van der Waals surface area contributed by atoms with Crippen molar-refractivity contribution in [2.45, 2.75) is 20.0 Å². The summed E-state index contributed by atoms with van der Waals surface area (Å²) < 4.78 is 46.2. The number of alkyl halides is 3. The number of carbonyl (C=O) groups excluding carboxylic acids is 1. The van der Waals surface area contributed by atoms with Crippen LogP contribution in [-0.4, -0.2) is 32.3 Å². The Morgan fingerprint density at radius 2 is 1.95 bits per heavy atom. The molecule has 0 aliphatic carbocycles. The quantitative estimate of drug-likeness (QED) is 0.753. The van der Waals surface area contributed by atoms with Gasteiger partial charge in [-0.05, 0) is 31.0 Å². The Labute approximate surface area is 123 Å². The summed E-state index contributed by atoms with van der Waals surface area (Å²) in [4.78, 5) is 12.0. The molecule has 0 fully saturated rings. The average Bonchev–Trinajstić information content (AvgIpc) is 2.31. The van der Waals surface area contributed by atoms with E-state index >= 15 is 0 Å². The van der Waals surface area contributed by atoms with E-state index in [9.17, 15) is 18.0 Å². The molecule has 0 heterocycles. The van der Waals surface area contributed by atoms with Crippen LogP contribution >= 0.6 is 15.9 Å². The molecule has 3 nitrogen and oxygen atoms in total. The lowest BCUT2D eigenvalue weighted by molar-refractivity contribution is -0.170. The molecular formula is C13H14BrF3O3. The number of Topliss-reactive ketones (excluding diaryl/α,β-unsaturated/α-hetero) is 1. The van der Waals surface area contributed by atoms with Gasteiger partial charge in [0.1, 0.15) is 19.0 Å². The molecule has 0 aromatic heterocycles. The van der Waals surface area contributed by atoms with Crippen LogP contribution in [0.15, 0.2) is 10.5 Å². The Bertz CT molecular complexity index is 513. The van der Waals surface area contributed by atoms with Crippen LogP contribution in [0.25, 0.3) is 0 Å². The van der Waals surface area contributed by atoms with Gasteiger partial charge in [0.25, 0.3) is 0 Å². The second-order valence-electron chi connectivity index (χ2n) is 4.24. The second-order valence-corrected chi connectivity index (χ2v) is 5.09. The molecule has 1 rings (SSSR count). The van der Waals surface area contributed by atoms with Crippen molar-refractivity contribution < 1.29 is 27.4 Å². The van der Waals surface area contributed by atoms with E-state index in [0.29, 0.717) is 21.3 Å². The van der Waals surface area contributed by atoms with Crippen LogP contribution in [-0.2, 0) is 4.74 Å². The third kappa shape index (κ3) is 4.21. The topological polar surface area (TPSA) is 35.5 Å². The van der Waals surface area contributed by atoms with E-state index in [4.69, 9.17) is 4.74 Å². The number of methoxy groups -OCH3 is 1. The van der Waals surface area contributed by atoms with Crippen molar-refractivity contribution in [3.8, 4) is 5.75 Å². The minimum Gasteiger partial charge on any atom is -0.496 e. The number of rotatable bonds is 5.